The van der Waals surface area contributed by atoms with Gasteiger partial charge in [-0.15, -0.1) is 0 Å². The van der Waals surface area contributed by atoms with E-state index in [1.165, 1.54) is 36.4 Å². The molecule has 148 valence electrons. The van der Waals surface area contributed by atoms with Gasteiger partial charge in [-0.25, -0.2) is 13.4 Å². The number of nitrogens with zero attached hydrogens (tertiary/aromatic N) is 3. The third-order valence-electron chi connectivity index (χ3n) is 4.00. The van der Waals surface area contributed by atoms with Crippen molar-refractivity contribution in [1.82, 2.24) is 0 Å². The first-order valence-electron chi connectivity index (χ1n) is 8.28. The molecule has 0 amide bonds. The summed E-state index contributed by atoms with van der Waals surface area (Å²) in [4.78, 5) is 28.3. The number of benzene rings is 2. The van der Waals surface area contributed by atoms with E-state index in [-0.39, 0.29) is 33.7 Å². The summed E-state index contributed by atoms with van der Waals surface area (Å²) in [6.45, 7) is 0. The molecule has 0 N–H and O–H groups in total. The van der Waals surface area contributed by atoms with Crippen LogP contribution < -0.4 is 15.2 Å². The van der Waals surface area contributed by atoms with Crippen molar-refractivity contribution in [3.63, 3.8) is 0 Å². The second kappa shape index (κ2) is 8.09. The Hall–Kier alpha value is -3.76. The minimum Gasteiger partial charge on any atom is -0.504 e. The second-order valence-electron chi connectivity index (χ2n) is 6.12. The smallest absolute Gasteiger partial charge is 0.504 e. The maximum Gasteiger partial charge on any atom is 0.796 e. The largest absolute Gasteiger partial charge is 0.796 e. The zero-order valence-electron chi connectivity index (χ0n) is 15.3. The molecule has 0 aliphatic carbocycles. The van der Waals surface area contributed by atoms with E-state index in [0.29, 0.717) is 5.69 Å². The van der Waals surface area contributed by atoms with Gasteiger partial charge in [-0.2, -0.15) is 0 Å². The molecule has 0 aliphatic heterocycles. The predicted molar refractivity (Wildman–Crippen MR) is 106 cm³/mol. The molecular weight excluding hydrogens is 387 g/mol. The van der Waals surface area contributed by atoms with Crippen LogP contribution in [-0.4, -0.2) is 32.7 Å². The Morgan fingerprint density at radius 2 is 1.90 bits per heavy atom. The molecule has 0 fully saturated rings. The van der Waals surface area contributed by atoms with Crippen LogP contribution in [0.15, 0.2) is 56.7 Å². The van der Waals surface area contributed by atoms with E-state index in [1.807, 2.05) is 0 Å². The van der Waals surface area contributed by atoms with Gasteiger partial charge in [0.15, 0.2) is 0 Å². The lowest BCUT2D eigenvalue weighted by molar-refractivity contribution is -0.384. The van der Waals surface area contributed by atoms with E-state index in [2.05, 4.69) is 9.65 Å². The number of hydrogen-bond acceptors (Lipinski definition) is 7. The Kier molecular flexibility index (Phi) is 5.58. The highest BCUT2D eigenvalue weighted by molar-refractivity contribution is 6.36. The fourth-order valence-electron chi connectivity index (χ4n) is 2.58. The first-order chi connectivity index (χ1) is 13.8. The average molecular weight is 401 g/mol. The Morgan fingerprint density at radius 1 is 1.21 bits per heavy atom. The lowest BCUT2D eigenvalue weighted by Crippen LogP contribution is -2.16. The number of halogens is 2. The fraction of sp³-hybridized carbons (Fsp3) is 0.111. The van der Waals surface area contributed by atoms with E-state index >= 15 is 0 Å². The van der Waals surface area contributed by atoms with Crippen molar-refractivity contribution in [3.05, 3.63) is 68.6 Å². The molecule has 0 atom stereocenters. The number of nitro groups is 1. The summed E-state index contributed by atoms with van der Waals surface area (Å²) in [6.07, 6.45) is 1.03. The zero-order chi connectivity index (χ0) is 21.1. The monoisotopic (exact) mass is 401 g/mol. The van der Waals surface area contributed by atoms with Crippen LogP contribution in [0.3, 0.4) is 0 Å². The molecule has 0 saturated heterocycles. The van der Waals surface area contributed by atoms with Crippen LogP contribution in [-0.2, 0) is 0 Å². The maximum absolute atomic E-state index is 13.0. The van der Waals surface area contributed by atoms with Gasteiger partial charge in [0, 0.05) is 44.2 Å². The standard InChI is InChI=1S/C18H14BF2N3O5/c1-23(2)13-7-8-14-16(9-13)28-18(25)15(17(14)29-19(20)21)10-22-11-3-5-12(6-4-11)24(26)27/h3-10H,1-2H3. The lowest BCUT2D eigenvalue weighted by Gasteiger charge is -2.14. The number of hydrogen-bond donors (Lipinski definition) is 0. The highest BCUT2D eigenvalue weighted by Gasteiger charge is 2.24. The van der Waals surface area contributed by atoms with Crippen molar-refractivity contribution in [2.24, 2.45) is 4.99 Å². The third kappa shape index (κ3) is 4.40. The molecule has 0 saturated carbocycles. The topological polar surface area (TPSA) is 98.2 Å². The van der Waals surface area contributed by atoms with E-state index in [0.717, 1.165) is 6.21 Å². The summed E-state index contributed by atoms with van der Waals surface area (Å²) in [5.74, 6) is -0.359. The van der Waals surface area contributed by atoms with Crippen molar-refractivity contribution in [1.29, 1.82) is 0 Å². The van der Waals surface area contributed by atoms with Gasteiger partial charge in [0.05, 0.1) is 16.0 Å². The van der Waals surface area contributed by atoms with Crippen molar-refractivity contribution >= 4 is 41.7 Å². The van der Waals surface area contributed by atoms with Crippen LogP contribution in [0.2, 0.25) is 0 Å². The first-order valence-corrected chi connectivity index (χ1v) is 8.28. The van der Waals surface area contributed by atoms with E-state index in [4.69, 9.17) is 4.42 Å². The van der Waals surface area contributed by atoms with Crippen LogP contribution in [0.1, 0.15) is 5.56 Å². The van der Waals surface area contributed by atoms with Gasteiger partial charge < -0.3 is 14.0 Å². The van der Waals surface area contributed by atoms with Crippen molar-refractivity contribution in [2.75, 3.05) is 19.0 Å². The zero-order valence-corrected chi connectivity index (χ0v) is 15.3. The Balaban J connectivity index is 2.10. The molecule has 0 aliphatic rings. The Bertz CT molecular complexity index is 1150. The predicted octanol–water partition coefficient (Wildman–Crippen LogP) is 3.82. The molecule has 1 heterocycles. The van der Waals surface area contributed by atoms with Crippen molar-refractivity contribution < 1.29 is 22.6 Å². The van der Waals surface area contributed by atoms with Gasteiger partial charge in [-0.1, -0.05) is 0 Å². The Morgan fingerprint density at radius 3 is 2.48 bits per heavy atom. The van der Waals surface area contributed by atoms with Crippen LogP contribution in [0.4, 0.5) is 25.7 Å². The minimum absolute atomic E-state index is 0.0873. The van der Waals surface area contributed by atoms with Crippen LogP contribution >= 0.6 is 0 Å². The van der Waals surface area contributed by atoms with Crippen molar-refractivity contribution in [3.8, 4) is 5.75 Å². The molecule has 29 heavy (non-hydrogen) atoms. The molecule has 0 spiro atoms. The summed E-state index contributed by atoms with van der Waals surface area (Å²) < 4.78 is 35.8. The summed E-state index contributed by atoms with van der Waals surface area (Å²) in [6, 6.07) is 9.88. The number of fused-ring (bicyclic) bond motifs is 1. The summed E-state index contributed by atoms with van der Waals surface area (Å²) in [5.41, 5.74) is -0.266. The van der Waals surface area contributed by atoms with Gasteiger partial charge in [-0.3, -0.25) is 15.1 Å². The highest BCUT2D eigenvalue weighted by Crippen LogP contribution is 2.31. The molecule has 11 heteroatoms. The molecular formula is C18H14BF2N3O5. The number of nitro benzene ring substituents is 1. The van der Waals surface area contributed by atoms with E-state index in [9.17, 15) is 23.5 Å². The molecule has 0 bridgehead atoms. The fourth-order valence-corrected chi connectivity index (χ4v) is 2.58. The van der Waals surface area contributed by atoms with E-state index < -0.39 is 18.0 Å². The summed E-state index contributed by atoms with van der Waals surface area (Å²) >= 11 is 0. The summed E-state index contributed by atoms with van der Waals surface area (Å²) in [5, 5.41) is 10.9. The quantitative estimate of drug-likeness (QED) is 0.205. The molecule has 2 aromatic carbocycles. The van der Waals surface area contributed by atoms with Gasteiger partial charge >= 0.3 is 13.1 Å². The summed E-state index contributed by atoms with van der Waals surface area (Å²) in [7, 11) is 0.391. The first kappa shape index (κ1) is 20.0. The van der Waals surface area contributed by atoms with Gasteiger partial charge in [0.1, 0.15) is 16.9 Å². The number of rotatable bonds is 6. The molecule has 0 radical (unpaired) electrons. The van der Waals surface area contributed by atoms with E-state index in [1.54, 1.807) is 25.1 Å². The van der Waals surface area contributed by atoms with Crippen molar-refractivity contribution in [2.45, 2.75) is 0 Å². The third-order valence-corrected chi connectivity index (χ3v) is 4.00. The molecule has 3 rings (SSSR count). The van der Waals surface area contributed by atoms with Crippen LogP contribution in [0.25, 0.3) is 11.0 Å². The molecule has 8 nitrogen and oxygen atoms in total. The average Bonchev–Trinajstić information content (AvgIpc) is 2.66. The normalized spacial score (nSPS) is 11.0. The molecule has 0 unspecified atom stereocenters. The Labute approximate surface area is 163 Å². The van der Waals surface area contributed by atoms with Gasteiger partial charge in [0.2, 0.25) is 0 Å². The maximum atomic E-state index is 13.0. The molecule has 3 aromatic rings. The highest BCUT2D eigenvalue weighted by atomic mass is 19.2. The van der Waals surface area contributed by atoms with Gasteiger partial charge in [0.25, 0.3) is 5.69 Å². The van der Waals surface area contributed by atoms with Crippen LogP contribution in [0.5, 0.6) is 5.75 Å². The molecule has 1 aromatic heterocycles. The second-order valence-corrected chi connectivity index (χ2v) is 6.12. The van der Waals surface area contributed by atoms with Gasteiger partial charge in [-0.05, 0) is 24.3 Å². The number of non-ortho nitro benzene ring substituents is 1. The number of aliphatic imine (C=N–C) groups is 1. The SMILES string of the molecule is CN(C)c1ccc2c(OB(F)F)c(C=Nc3ccc([N+](=O)[O-])cc3)c(=O)oc2c1. The number of anilines is 1. The minimum atomic E-state index is -3.17. The van der Waals surface area contributed by atoms with Crippen LogP contribution in [0, 0.1) is 10.1 Å². The lowest BCUT2D eigenvalue weighted by atomic mass is 10.1.